The number of hydrogen-bond acceptors (Lipinski definition) is 5. The highest BCUT2D eigenvalue weighted by Crippen LogP contribution is 2.27. The molecule has 0 saturated carbocycles. The monoisotopic (exact) mass is 432 g/mol. The van der Waals surface area contributed by atoms with Crippen molar-refractivity contribution in [2.75, 3.05) is 36.8 Å². The van der Waals surface area contributed by atoms with E-state index in [1.807, 2.05) is 11.8 Å². The minimum absolute atomic E-state index is 0. The second-order valence-corrected chi connectivity index (χ2v) is 9.17. The summed E-state index contributed by atoms with van der Waals surface area (Å²) >= 11 is 1.93. The molecule has 158 valence electrons. The fourth-order valence-corrected chi connectivity index (χ4v) is 5.28. The van der Waals surface area contributed by atoms with Gasteiger partial charge >= 0.3 is 0 Å². The predicted molar refractivity (Wildman–Crippen MR) is 126 cm³/mol. The molecule has 0 unspecified atom stereocenters. The molecule has 0 aliphatic carbocycles. The van der Waals surface area contributed by atoms with E-state index >= 15 is 0 Å². The van der Waals surface area contributed by atoms with Crippen molar-refractivity contribution in [3.63, 3.8) is 0 Å². The van der Waals surface area contributed by atoms with Crippen LogP contribution in [0.3, 0.4) is 0 Å². The second-order valence-electron chi connectivity index (χ2n) is 8.00. The van der Waals surface area contributed by atoms with Crippen LogP contribution in [0, 0.1) is 0 Å². The molecule has 2 aromatic rings. The average molecular weight is 433 g/mol. The second kappa shape index (κ2) is 11.2. The Morgan fingerprint density at radius 1 is 0.966 bits per heavy atom. The van der Waals surface area contributed by atoms with Crippen LogP contribution in [-0.2, 0) is 0 Å². The predicted octanol–water partition coefficient (Wildman–Crippen LogP) is 5.52. The number of unbranched alkanes of at least 4 members (excludes halogenated alkanes) is 1. The van der Waals surface area contributed by atoms with Gasteiger partial charge in [-0.3, -0.25) is 0 Å². The minimum Gasteiger partial charge on any atom is -0.351 e. The molecule has 2 saturated heterocycles. The van der Waals surface area contributed by atoms with Crippen molar-refractivity contribution >= 4 is 30.0 Å². The lowest BCUT2D eigenvalue weighted by Gasteiger charge is -2.29. The molecule has 2 fully saturated rings. The molecule has 4 rings (SSSR count). The van der Waals surface area contributed by atoms with Crippen LogP contribution in [-0.4, -0.2) is 53.1 Å². The van der Waals surface area contributed by atoms with Crippen LogP contribution in [0.5, 0.6) is 0 Å². The van der Waals surface area contributed by atoms with Crippen LogP contribution in [0.15, 0.2) is 41.3 Å². The Morgan fingerprint density at radius 3 is 2.45 bits per heavy atom. The number of nitrogens with zero attached hydrogens (tertiary/aromatic N) is 4. The fraction of sp³-hybridized carbons (Fsp3) is 0.565. The summed E-state index contributed by atoms with van der Waals surface area (Å²) in [7, 11) is 0. The average Bonchev–Trinajstić information content (AvgIpc) is 3.42. The maximum absolute atomic E-state index is 4.60. The van der Waals surface area contributed by atoms with Crippen molar-refractivity contribution in [3.8, 4) is 11.3 Å². The maximum atomic E-state index is 4.60. The molecule has 1 aromatic carbocycles. The van der Waals surface area contributed by atoms with Gasteiger partial charge in [-0.1, -0.05) is 25.5 Å². The zero-order valence-electron chi connectivity index (χ0n) is 17.4. The Balaban J connectivity index is 0.00000240. The quantitative estimate of drug-likeness (QED) is 0.405. The first-order valence-electron chi connectivity index (χ1n) is 10.9. The Morgan fingerprint density at radius 2 is 1.76 bits per heavy atom. The van der Waals surface area contributed by atoms with Crippen molar-refractivity contribution in [2.24, 2.45) is 0 Å². The molecule has 0 spiro atoms. The van der Waals surface area contributed by atoms with Gasteiger partial charge in [-0.25, -0.2) is 0 Å². The third-order valence-corrected chi connectivity index (χ3v) is 7.00. The first kappa shape index (κ1) is 22.4. The van der Waals surface area contributed by atoms with Crippen LogP contribution in [0.4, 0.5) is 5.82 Å². The van der Waals surface area contributed by atoms with Crippen LogP contribution in [0.2, 0.25) is 0 Å². The van der Waals surface area contributed by atoms with E-state index in [9.17, 15) is 0 Å². The van der Waals surface area contributed by atoms with Gasteiger partial charge in [0.25, 0.3) is 0 Å². The topological polar surface area (TPSA) is 32.3 Å². The third kappa shape index (κ3) is 5.87. The van der Waals surface area contributed by atoms with Crippen molar-refractivity contribution < 1.29 is 0 Å². The van der Waals surface area contributed by atoms with Gasteiger partial charge in [0.1, 0.15) is 0 Å². The Hall–Kier alpha value is -1.30. The number of likely N-dealkylation sites (tertiary alicyclic amines) is 1. The third-order valence-electron chi connectivity index (χ3n) is 5.91. The van der Waals surface area contributed by atoms with Crippen LogP contribution in [0.25, 0.3) is 11.3 Å². The summed E-state index contributed by atoms with van der Waals surface area (Å²) < 4.78 is 0. The van der Waals surface area contributed by atoms with E-state index in [1.54, 1.807) is 0 Å². The largest absolute Gasteiger partial charge is 0.351 e. The zero-order valence-corrected chi connectivity index (χ0v) is 19.1. The fourth-order valence-electron chi connectivity index (χ4n) is 4.28. The minimum atomic E-state index is 0. The molecular weight excluding hydrogens is 400 g/mol. The molecule has 3 heterocycles. The lowest BCUT2D eigenvalue weighted by molar-refractivity contribution is 0.313. The molecule has 0 amide bonds. The summed E-state index contributed by atoms with van der Waals surface area (Å²) in [5, 5.41) is 9.15. The van der Waals surface area contributed by atoms with Crippen LogP contribution < -0.4 is 4.90 Å². The Bertz CT molecular complexity index is 732. The van der Waals surface area contributed by atoms with E-state index in [2.05, 4.69) is 63.3 Å². The SMILES string of the molecule is CCCCSc1ccc(-c2ccc(N3CCC[C@H]3CN3CCCC3)nn2)cc1.Cl. The summed E-state index contributed by atoms with van der Waals surface area (Å²) in [5.41, 5.74) is 2.11. The normalized spacial score (nSPS) is 19.5. The van der Waals surface area contributed by atoms with Gasteiger partial charge in [0.2, 0.25) is 0 Å². The number of thioether (sulfide) groups is 1. The number of benzene rings is 1. The van der Waals surface area contributed by atoms with Gasteiger partial charge in [-0.05, 0) is 75.2 Å². The molecule has 4 nitrogen and oxygen atoms in total. The Labute approximate surface area is 185 Å². The lowest BCUT2D eigenvalue weighted by Crippen LogP contribution is -2.39. The molecule has 0 bridgehead atoms. The van der Waals surface area contributed by atoms with Crippen molar-refractivity contribution in [1.82, 2.24) is 15.1 Å². The van der Waals surface area contributed by atoms with E-state index < -0.39 is 0 Å². The lowest BCUT2D eigenvalue weighted by atomic mass is 10.1. The number of aromatic nitrogens is 2. The highest BCUT2D eigenvalue weighted by atomic mass is 35.5. The molecule has 2 aliphatic heterocycles. The van der Waals surface area contributed by atoms with E-state index in [4.69, 9.17) is 0 Å². The molecule has 1 atom stereocenters. The van der Waals surface area contributed by atoms with E-state index in [-0.39, 0.29) is 12.4 Å². The first-order chi connectivity index (χ1) is 13.8. The van der Waals surface area contributed by atoms with Crippen molar-refractivity contribution in [1.29, 1.82) is 0 Å². The van der Waals surface area contributed by atoms with Crippen LogP contribution in [0.1, 0.15) is 45.4 Å². The molecule has 29 heavy (non-hydrogen) atoms. The van der Waals surface area contributed by atoms with E-state index in [0.29, 0.717) is 6.04 Å². The number of rotatable bonds is 8. The zero-order chi connectivity index (χ0) is 19.2. The molecule has 1 aromatic heterocycles. The van der Waals surface area contributed by atoms with Gasteiger partial charge in [0.05, 0.1) is 5.69 Å². The van der Waals surface area contributed by atoms with Gasteiger partial charge in [-0.15, -0.1) is 34.4 Å². The van der Waals surface area contributed by atoms with Gasteiger partial charge < -0.3 is 9.80 Å². The van der Waals surface area contributed by atoms with Crippen LogP contribution >= 0.6 is 24.2 Å². The summed E-state index contributed by atoms with van der Waals surface area (Å²) in [6, 6.07) is 13.6. The Kier molecular flexibility index (Phi) is 8.64. The van der Waals surface area contributed by atoms with E-state index in [0.717, 1.165) is 23.6 Å². The summed E-state index contributed by atoms with van der Waals surface area (Å²) in [6.07, 6.45) is 7.78. The van der Waals surface area contributed by atoms with Crippen molar-refractivity contribution in [2.45, 2.75) is 56.4 Å². The number of anilines is 1. The number of hydrogen-bond donors (Lipinski definition) is 0. The smallest absolute Gasteiger partial charge is 0.151 e. The van der Waals surface area contributed by atoms with Gasteiger partial charge in [0.15, 0.2) is 5.82 Å². The maximum Gasteiger partial charge on any atom is 0.151 e. The molecule has 2 aliphatic rings. The highest BCUT2D eigenvalue weighted by molar-refractivity contribution is 7.99. The standard InChI is InChI=1S/C23H32N4S.ClH/c1-2-3-17-28-21-10-8-19(9-11-21)22-12-13-23(25-24-22)27-16-6-7-20(27)18-26-14-4-5-15-26;/h8-13,20H,2-7,14-18H2,1H3;1H/t20-;/m0./s1. The molecule has 6 heteroatoms. The van der Waals surface area contributed by atoms with Crippen molar-refractivity contribution in [3.05, 3.63) is 36.4 Å². The summed E-state index contributed by atoms with van der Waals surface area (Å²) in [5.74, 6) is 2.23. The molecule has 0 radical (unpaired) electrons. The van der Waals surface area contributed by atoms with Gasteiger partial charge in [0, 0.05) is 29.6 Å². The molecular formula is C23H33ClN4S. The summed E-state index contributed by atoms with van der Waals surface area (Å²) in [4.78, 5) is 6.43. The van der Waals surface area contributed by atoms with E-state index in [1.165, 1.54) is 68.8 Å². The first-order valence-corrected chi connectivity index (χ1v) is 11.9. The highest BCUT2D eigenvalue weighted by Gasteiger charge is 2.28. The summed E-state index contributed by atoms with van der Waals surface area (Å²) in [6.45, 7) is 7.06. The number of halogens is 1. The molecule has 0 N–H and O–H groups in total. The van der Waals surface area contributed by atoms with Gasteiger partial charge in [-0.2, -0.15) is 0 Å².